The maximum Gasteiger partial charge on any atom is 0.254 e. The van der Waals surface area contributed by atoms with Gasteiger partial charge in [0.25, 0.3) is 5.91 Å². The first kappa shape index (κ1) is 20.8. The topological polar surface area (TPSA) is 87.3 Å². The van der Waals surface area contributed by atoms with Crippen LogP contribution in [0.15, 0.2) is 18.2 Å². The lowest BCUT2D eigenvalue weighted by molar-refractivity contribution is -0.122. The highest BCUT2D eigenvalue weighted by Gasteiger charge is 2.16. The van der Waals surface area contributed by atoms with E-state index in [0.717, 1.165) is 37.8 Å². The van der Waals surface area contributed by atoms with Crippen LogP contribution in [-0.2, 0) is 9.59 Å². The normalized spacial score (nSPS) is 14.4. The Bertz CT molecular complexity index is 676. The summed E-state index contributed by atoms with van der Waals surface area (Å²) in [5.74, 6) is -2.84. The van der Waals surface area contributed by atoms with Gasteiger partial charge < -0.3 is 16.0 Å². The number of halogens is 2. The van der Waals surface area contributed by atoms with Crippen LogP contribution in [0.2, 0.25) is 0 Å². The van der Waals surface area contributed by atoms with Crippen molar-refractivity contribution in [2.75, 3.05) is 13.1 Å². The summed E-state index contributed by atoms with van der Waals surface area (Å²) in [7, 11) is 0. The minimum absolute atomic E-state index is 0.00119. The van der Waals surface area contributed by atoms with Crippen LogP contribution in [0.3, 0.4) is 0 Å². The zero-order chi connectivity index (χ0) is 19.6. The van der Waals surface area contributed by atoms with Gasteiger partial charge in [0.2, 0.25) is 11.8 Å². The molecule has 0 unspecified atom stereocenters. The van der Waals surface area contributed by atoms with Crippen molar-refractivity contribution in [3.05, 3.63) is 35.4 Å². The van der Waals surface area contributed by atoms with Crippen LogP contribution in [0.4, 0.5) is 8.78 Å². The summed E-state index contributed by atoms with van der Waals surface area (Å²) in [5, 5.41) is 7.98. The van der Waals surface area contributed by atoms with E-state index >= 15 is 0 Å². The Morgan fingerprint density at radius 1 is 0.926 bits per heavy atom. The van der Waals surface area contributed by atoms with Gasteiger partial charge in [-0.15, -0.1) is 0 Å². The molecule has 3 N–H and O–H groups in total. The predicted molar refractivity (Wildman–Crippen MR) is 96.0 cm³/mol. The molecule has 1 saturated carbocycles. The quantitative estimate of drug-likeness (QED) is 0.644. The number of carbonyl (C=O) groups excluding carboxylic acids is 3. The molecule has 0 aliphatic heterocycles. The molecule has 6 nitrogen and oxygen atoms in total. The lowest BCUT2D eigenvalue weighted by atomic mass is 9.95. The van der Waals surface area contributed by atoms with Crippen LogP contribution >= 0.6 is 0 Å². The first-order chi connectivity index (χ1) is 13.0. The Hall–Kier alpha value is -2.51. The first-order valence-corrected chi connectivity index (χ1v) is 9.25. The average molecular weight is 381 g/mol. The largest absolute Gasteiger partial charge is 0.356 e. The number of hydrogen-bond donors (Lipinski definition) is 3. The predicted octanol–water partition coefficient (Wildman–Crippen LogP) is 2.04. The Kier molecular flexibility index (Phi) is 8.16. The van der Waals surface area contributed by atoms with Crippen molar-refractivity contribution in [1.82, 2.24) is 16.0 Å². The maximum absolute atomic E-state index is 13.5. The number of carbonyl (C=O) groups is 3. The second kappa shape index (κ2) is 10.6. The number of rotatable bonds is 8. The molecule has 27 heavy (non-hydrogen) atoms. The minimum atomic E-state index is -0.957. The van der Waals surface area contributed by atoms with E-state index in [1.54, 1.807) is 0 Å². The molecule has 3 amide bonds. The third-order valence-corrected chi connectivity index (χ3v) is 4.46. The lowest BCUT2D eigenvalue weighted by Gasteiger charge is -2.22. The van der Waals surface area contributed by atoms with Gasteiger partial charge >= 0.3 is 0 Å². The van der Waals surface area contributed by atoms with Gasteiger partial charge in [0.15, 0.2) is 0 Å². The van der Waals surface area contributed by atoms with Gasteiger partial charge in [-0.1, -0.05) is 19.3 Å². The van der Waals surface area contributed by atoms with Crippen molar-refractivity contribution in [3.8, 4) is 0 Å². The van der Waals surface area contributed by atoms with Gasteiger partial charge in [0.1, 0.15) is 11.6 Å². The summed E-state index contributed by atoms with van der Waals surface area (Å²) < 4.78 is 26.3. The molecule has 1 fully saturated rings. The smallest absolute Gasteiger partial charge is 0.254 e. The fraction of sp³-hybridized carbons (Fsp3) is 0.526. The Morgan fingerprint density at radius 2 is 1.59 bits per heavy atom. The molecule has 1 aromatic rings. The second-order valence-corrected chi connectivity index (χ2v) is 6.63. The molecule has 0 heterocycles. The van der Waals surface area contributed by atoms with E-state index in [-0.39, 0.29) is 49.4 Å². The highest BCUT2D eigenvalue weighted by Crippen LogP contribution is 2.17. The van der Waals surface area contributed by atoms with Crippen LogP contribution in [0.1, 0.15) is 55.3 Å². The summed E-state index contributed by atoms with van der Waals surface area (Å²) >= 11 is 0. The van der Waals surface area contributed by atoms with Crippen molar-refractivity contribution in [3.63, 3.8) is 0 Å². The first-order valence-electron chi connectivity index (χ1n) is 9.25. The minimum Gasteiger partial charge on any atom is -0.356 e. The monoisotopic (exact) mass is 381 g/mol. The number of nitrogens with one attached hydrogen (secondary N) is 3. The van der Waals surface area contributed by atoms with Gasteiger partial charge in [-0.05, 0) is 25.0 Å². The molecule has 0 saturated heterocycles. The summed E-state index contributed by atoms with van der Waals surface area (Å²) in [6, 6.07) is 2.90. The third kappa shape index (κ3) is 7.32. The zero-order valence-corrected chi connectivity index (χ0v) is 15.2. The molecule has 1 aliphatic rings. The molecule has 0 bridgehead atoms. The van der Waals surface area contributed by atoms with E-state index in [1.165, 1.54) is 6.42 Å². The third-order valence-electron chi connectivity index (χ3n) is 4.46. The number of hydrogen-bond acceptors (Lipinski definition) is 3. The van der Waals surface area contributed by atoms with E-state index in [1.807, 2.05) is 0 Å². The summed E-state index contributed by atoms with van der Waals surface area (Å²) in [4.78, 5) is 35.3. The molecule has 0 radical (unpaired) electrons. The summed E-state index contributed by atoms with van der Waals surface area (Å²) in [5.41, 5.74) is -0.281. The van der Waals surface area contributed by atoms with Crippen LogP contribution in [0, 0.1) is 11.6 Å². The zero-order valence-electron chi connectivity index (χ0n) is 15.2. The summed E-state index contributed by atoms with van der Waals surface area (Å²) in [6.45, 7) is 0.230. The fourth-order valence-electron chi connectivity index (χ4n) is 3.01. The van der Waals surface area contributed by atoms with Crippen molar-refractivity contribution in [2.24, 2.45) is 0 Å². The van der Waals surface area contributed by atoms with E-state index in [0.29, 0.717) is 6.07 Å². The molecule has 148 valence electrons. The van der Waals surface area contributed by atoms with Crippen molar-refractivity contribution in [2.45, 2.75) is 51.0 Å². The number of benzene rings is 1. The fourth-order valence-corrected chi connectivity index (χ4v) is 3.01. The van der Waals surface area contributed by atoms with Gasteiger partial charge in [0.05, 0.1) is 5.56 Å². The van der Waals surface area contributed by atoms with E-state index in [9.17, 15) is 23.2 Å². The van der Waals surface area contributed by atoms with Gasteiger partial charge in [-0.25, -0.2) is 8.78 Å². The van der Waals surface area contributed by atoms with Gasteiger partial charge in [-0.2, -0.15) is 0 Å². The molecule has 2 rings (SSSR count). The van der Waals surface area contributed by atoms with Crippen molar-refractivity contribution < 1.29 is 23.2 Å². The van der Waals surface area contributed by atoms with E-state index in [4.69, 9.17) is 0 Å². The second-order valence-electron chi connectivity index (χ2n) is 6.63. The van der Waals surface area contributed by atoms with E-state index in [2.05, 4.69) is 16.0 Å². The molecule has 0 spiro atoms. The van der Waals surface area contributed by atoms with Crippen LogP contribution < -0.4 is 16.0 Å². The highest BCUT2D eigenvalue weighted by molar-refractivity contribution is 5.94. The van der Waals surface area contributed by atoms with Crippen molar-refractivity contribution in [1.29, 1.82) is 0 Å². The van der Waals surface area contributed by atoms with Crippen LogP contribution in [0.5, 0.6) is 0 Å². The van der Waals surface area contributed by atoms with Gasteiger partial charge in [0, 0.05) is 38.0 Å². The molecule has 0 atom stereocenters. The summed E-state index contributed by atoms with van der Waals surface area (Å²) in [6.07, 6.45) is 5.70. The molecule has 1 aliphatic carbocycles. The Balaban J connectivity index is 1.59. The highest BCUT2D eigenvalue weighted by atomic mass is 19.1. The standard InChI is InChI=1S/C19H25F2N3O3/c20-13-6-7-15(16(21)12-13)19(27)23-11-8-17(25)22-10-9-18(26)24-14-4-2-1-3-5-14/h6-7,12,14H,1-5,8-11H2,(H,22,25)(H,23,27)(H,24,26). The lowest BCUT2D eigenvalue weighted by Crippen LogP contribution is -2.38. The van der Waals surface area contributed by atoms with E-state index < -0.39 is 17.5 Å². The Morgan fingerprint density at radius 3 is 2.30 bits per heavy atom. The van der Waals surface area contributed by atoms with Crippen LogP contribution in [-0.4, -0.2) is 36.9 Å². The molecule has 1 aromatic carbocycles. The van der Waals surface area contributed by atoms with Gasteiger partial charge in [-0.3, -0.25) is 14.4 Å². The van der Waals surface area contributed by atoms with Crippen LogP contribution in [0.25, 0.3) is 0 Å². The molecular weight excluding hydrogens is 356 g/mol. The SMILES string of the molecule is O=C(CCNC(=O)c1ccc(F)cc1F)NCCC(=O)NC1CCCCC1. The molecule has 8 heteroatoms. The van der Waals surface area contributed by atoms with Crippen molar-refractivity contribution >= 4 is 17.7 Å². The molecule has 0 aromatic heterocycles. The molecular formula is C19H25F2N3O3. The maximum atomic E-state index is 13.5. The Labute approximate surface area is 157 Å². The number of amides is 3. The average Bonchev–Trinajstić information content (AvgIpc) is 2.62.